The van der Waals surface area contributed by atoms with E-state index in [1.165, 1.54) is 11.1 Å². The Kier molecular flexibility index (Phi) is 5.11. The number of nitrogens with zero attached hydrogens (tertiary/aromatic N) is 1. The highest BCUT2D eigenvalue weighted by molar-refractivity contribution is 5.87. The highest BCUT2D eigenvalue weighted by Crippen LogP contribution is 2.23. The first-order valence-corrected chi connectivity index (χ1v) is 6.54. The Morgan fingerprint density at radius 2 is 1.89 bits per heavy atom. The molecule has 0 atom stereocenters. The number of hydrogen-bond acceptors (Lipinski definition) is 1. The van der Waals surface area contributed by atoms with Crippen molar-refractivity contribution in [2.45, 2.75) is 34.1 Å². The van der Waals surface area contributed by atoms with Gasteiger partial charge in [-0.2, -0.15) is 0 Å². The van der Waals surface area contributed by atoms with Crippen LogP contribution in [0, 0.1) is 12.3 Å². The van der Waals surface area contributed by atoms with E-state index < -0.39 is 0 Å². The topological polar surface area (TPSA) is 38.4 Å². The van der Waals surface area contributed by atoms with Crippen molar-refractivity contribution in [1.29, 1.82) is 0 Å². The van der Waals surface area contributed by atoms with Gasteiger partial charge in [-0.15, -0.1) is 0 Å². The maximum Gasteiger partial charge on any atom is 0.105 e. The smallest absolute Gasteiger partial charge is 0.105 e. The monoisotopic (exact) mass is 256 g/mol. The zero-order valence-corrected chi connectivity index (χ0v) is 12.4. The van der Waals surface area contributed by atoms with Gasteiger partial charge in [0.05, 0.1) is 0 Å². The number of nitrogens with two attached hydrogens (primary N) is 1. The molecule has 0 spiro atoms. The molecule has 2 N–H and O–H groups in total. The van der Waals surface area contributed by atoms with E-state index in [0.29, 0.717) is 5.84 Å². The normalized spacial score (nSPS) is 13.5. The lowest BCUT2D eigenvalue weighted by Crippen LogP contribution is -2.33. The molecule has 0 aliphatic heterocycles. The number of allylic oxidation sites excluding steroid dienone is 3. The van der Waals surface area contributed by atoms with E-state index in [-0.39, 0.29) is 5.41 Å². The summed E-state index contributed by atoms with van der Waals surface area (Å²) in [6.45, 7) is 11.9. The van der Waals surface area contributed by atoms with E-state index in [2.05, 4.69) is 56.6 Å². The van der Waals surface area contributed by atoms with E-state index in [0.717, 1.165) is 12.1 Å². The molecular weight excluding hydrogens is 232 g/mol. The predicted molar refractivity (Wildman–Crippen MR) is 84.2 cm³/mol. The van der Waals surface area contributed by atoms with Crippen LogP contribution in [0.25, 0.3) is 0 Å². The number of rotatable bonds is 5. The Hall–Kier alpha value is -1.83. The van der Waals surface area contributed by atoms with Gasteiger partial charge in [0.25, 0.3) is 0 Å². The molecule has 19 heavy (non-hydrogen) atoms. The van der Waals surface area contributed by atoms with Crippen LogP contribution < -0.4 is 5.73 Å². The average molecular weight is 256 g/mol. The molecule has 0 fully saturated rings. The van der Waals surface area contributed by atoms with Gasteiger partial charge in [-0.3, -0.25) is 0 Å². The SMILES string of the molecule is C=C/C=C(/C)N=C(N)C(C)(C)Cc1ccc(C)cc1. The van der Waals surface area contributed by atoms with Crippen molar-refractivity contribution >= 4 is 5.84 Å². The third-order valence-electron chi connectivity index (χ3n) is 3.12. The molecule has 1 aromatic carbocycles. The van der Waals surface area contributed by atoms with Crippen molar-refractivity contribution in [2.24, 2.45) is 16.1 Å². The molecule has 0 aromatic heterocycles. The highest BCUT2D eigenvalue weighted by atomic mass is 14.9. The number of hydrogen-bond donors (Lipinski definition) is 1. The van der Waals surface area contributed by atoms with Crippen LogP contribution in [0.15, 0.2) is 53.7 Å². The molecule has 2 heteroatoms. The maximum atomic E-state index is 6.14. The van der Waals surface area contributed by atoms with Gasteiger partial charge in [-0.05, 0) is 31.9 Å². The number of aryl methyl sites for hydroxylation is 1. The minimum absolute atomic E-state index is 0.161. The second kappa shape index (κ2) is 6.37. The molecule has 2 nitrogen and oxygen atoms in total. The molecule has 0 unspecified atom stereocenters. The lowest BCUT2D eigenvalue weighted by atomic mass is 9.84. The average Bonchev–Trinajstić information content (AvgIpc) is 2.32. The fourth-order valence-corrected chi connectivity index (χ4v) is 1.86. The van der Waals surface area contributed by atoms with Crippen LogP contribution in [-0.2, 0) is 6.42 Å². The lowest BCUT2D eigenvalue weighted by Gasteiger charge is -2.24. The predicted octanol–water partition coefficient (Wildman–Crippen LogP) is 4.01. The van der Waals surface area contributed by atoms with Crippen molar-refractivity contribution in [1.82, 2.24) is 0 Å². The highest BCUT2D eigenvalue weighted by Gasteiger charge is 2.23. The van der Waals surface area contributed by atoms with E-state index >= 15 is 0 Å². The van der Waals surface area contributed by atoms with E-state index in [1.807, 2.05) is 13.0 Å². The molecule has 0 saturated carbocycles. The van der Waals surface area contributed by atoms with E-state index in [9.17, 15) is 0 Å². The molecule has 102 valence electrons. The number of amidine groups is 1. The zero-order chi connectivity index (χ0) is 14.5. The van der Waals surface area contributed by atoms with Crippen LogP contribution in [0.1, 0.15) is 31.9 Å². The first kappa shape index (κ1) is 15.2. The first-order valence-electron chi connectivity index (χ1n) is 6.54. The van der Waals surface area contributed by atoms with Crippen LogP contribution in [0.3, 0.4) is 0 Å². The third-order valence-corrected chi connectivity index (χ3v) is 3.12. The van der Waals surface area contributed by atoms with E-state index in [1.54, 1.807) is 6.08 Å². The second-order valence-electron chi connectivity index (χ2n) is 5.59. The maximum absolute atomic E-state index is 6.14. The fraction of sp³-hybridized carbons (Fsp3) is 0.353. The minimum atomic E-state index is -0.161. The summed E-state index contributed by atoms with van der Waals surface area (Å²) in [7, 11) is 0. The van der Waals surface area contributed by atoms with E-state index in [4.69, 9.17) is 5.73 Å². The van der Waals surface area contributed by atoms with Crippen molar-refractivity contribution in [3.8, 4) is 0 Å². The summed E-state index contributed by atoms with van der Waals surface area (Å²) < 4.78 is 0. The third kappa shape index (κ3) is 4.74. The van der Waals surface area contributed by atoms with Gasteiger partial charge in [0.15, 0.2) is 0 Å². The van der Waals surface area contributed by atoms with Gasteiger partial charge >= 0.3 is 0 Å². The zero-order valence-electron chi connectivity index (χ0n) is 12.4. The first-order chi connectivity index (χ1) is 8.85. The Balaban J connectivity index is 2.88. The van der Waals surface area contributed by atoms with Gasteiger partial charge in [-0.25, -0.2) is 4.99 Å². The summed E-state index contributed by atoms with van der Waals surface area (Å²) in [5.74, 6) is 0.656. The van der Waals surface area contributed by atoms with Crippen LogP contribution in [0.2, 0.25) is 0 Å². The van der Waals surface area contributed by atoms with Gasteiger partial charge in [0.2, 0.25) is 0 Å². The molecule has 1 rings (SSSR count). The Morgan fingerprint density at radius 1 is 1.32 bits per heavy atom. The quantitative estimate of drug-likeness (QED) is 0.482. The molecule has 0 aliphatic rings. The van der Waals surface area contributed by atoms with Crippen molar-refractivity contribution in [3.05, 3.63) is 59.8 Å². The van der Waals surface area contributed by atoms with Crippen molar-refractivity contribution in [2.75, 3.05) is 0 Å². The number of aliphatic imine (C=N–C) groups is 1. The Labute approximate surface area is 116 Å². The second-order valence-corrected chi connectivity index (χ2v) is 5.59. The molecule has 0 amide bonds. The van der Waals surface area contributed by atoms with Crippen molar-refractivity contribution in [3.63, 3.8) is 0 Å². The molecular formula is C17H24N2. The summed E-state index contributed by atoms with van der Waals surface area (Å²) in [6.07, 6.45) is 4.46. The summed E-state index contributed by atoms with van der Waals surface area (Å²) >= 11 is 0. The lowest BCUT2D eigenvalue weighted by molar-refractivity contribution is 0.514. The molecule has 0 aliphatic carbocycles. The summed E-state index contributed by atoms with van der Waals surface area (Å²) in [5, 5.41) is 0. The van der Waals surface area contributed by atoms with Crippen molar-refractivity contribution < 1.29 is 0 Å². The van der Waals surface area contributed by atoms with Gasteiger partial charge in [0.1, 0.15) is 5.84 Å². The van der Waals surface area contributed by atoms with Gasteiger partial charge in [-0.1, -0.05) is 56.3 Å². The summed E-state index contributed by atoms with van der Waals surface area (Å²) in [6, 6.07) is 8.55. The fourth-order valence-electron chi connectivity index (χ4n) is 1.86. The minimum Gasteiger partial charge on any atom is -0.387 e. The summed E-state index contributed by atoms with van der Waals surface area (Å²) in [5.41, 5.74) is 9.40. The van der Waals surface area contributed by atoms with Gasteiger partial charge < -0.3 is 5.73 Å². The molecule has 0 heterocycles. The summed E-state index contributed by atoms with van der Waals surface area (Å²) in [4.78, 5) is 4.44. The standard InChI is InChI=1S/C17H24N2/c1-6-7-14(3)19-16(18)17(4,5)12-15-10-8-13(2)9-11-15/h6-11H,1,12H2,2-5H3,(H2,18,19)/b14-7-. The molecule has 1 aromatic rings. The molecule has 0 radical (unpaired) electrons. The van der Waals surface area contributed by atoms with Crippen LogP contribution in [0.5, 0.6) is 0 Å². The van der Waals surface area contributed by atoms with Gasteiger partial charge in [0, 0.05) is 11.1 Å². The van der Waals surface area contributed by atoms with Crippen LogP contribution in [0.4, 0.5) is 0 Å². The Bertz CT molecular complexity index is 490. The number of benzene rings is 1. The van der Waals surface area contributed by atoms with Crippen LogP contribution >= 0.6 is 0 Å². The largest absolute Gasteiger partial charge is 0.387 e. The Morgan fingerprint density at radius 3 is 2.42 bits per heavy atom. The van der Waals surface area contributed by atoms with Crippen LogP contribution in [-0.4, -0.2) is 5.84 Å². The molecule has 0 bridgehead atoms. The molecule has 0 saturated heterocycles.